The van der Waals surface area contributed by atoms with Gasteiger partial charge in [0.2, 0.25) is 0 Å². The number of carbonyl (C=O) groups is 3. The molecule has 0 aliphatic carbocycles. The molecule has 1 aromatic rings. The van der Waals surface area contributed by atoms with Crippen molar-refractivity contribution in [2.45, 2.75) is 6.42 Å². The first kappa shape index (κ1) is 19.0. The first-order valence-electron chi connectivity index (χ1n) is 8.83. The third kappa shape index (κ3) is 4.30. The molecule has 27 heavy (non-hydrogen) atoms. The SMILES string of the molecule is COC(=O)c1cc(N2CCOCC2)ccc1NC(=O)N1CCC(C(=O)O)C1. The first-order chi connectivity index (χ1) is 13.0. The maximum atomic E-state index is 12.5. The van der Waals surface area contributed by atoms with Gasteiger partial charge in [0.05, 0.1) is 37.5 Å². The van der Waals surface area contributed by atoms with Crippen molar-refractivity contribution in [2.24, 2.45) is 5.92 Å². The number of likely N-dealkylation sites (tertiary alicyclic amines) is 1. The maximum absolute atomic E-state index is 12.5. The van der Waals surface area contributed by atoms with Gasteiger partial charge < -0.3 is 29.7 Å². The molecular weight excluding hydrogens is 354 g/mol. The predicted octanol–water partition coefficient (Wildman–Crippen LogP) is 1.25. The van der Waals surface area contributed by atoms with Crippen LogP contribution in [0.15, 0.2) is 18.2 Å². The molecule has 2 amide bonds. The standard InChI is InChI=1S/C18H23N3O6/c1-26-17(24)14-10-13(20-6-8-27-9-7-20)2-3-15(14)19-18(25)21-5-4-12(11-21)16(22)23/h2-3,10,12H,4-9,11H2,1H3,(H,19,25)(H,22,23). The zero-order valence-electron chi connectivity index (χ0n) is 15.1. The molecule has 9 nitrogen and oxygen atoms in total. The van der Waals surface area contributed by atoms with E-state index in [2.05, 4.69) is 10.2 Å². The number of carboxylic acid groups (broad SMARTS) is 1. The summed E-state index contributed by atoms with van der Waals surface area (Å²) in [5.74, 6) is -2.01. The summed E-state index contributed by atoms with van der Waals surface area (Å²) >= 11 is 0. The number of amides is 2. The topological polar surface area (TPSA) is 108 Å². The van der Waals surface area contributed by atoms with Crippen LogP contribution in [0.5, 0.6) is 0 Å². The molecule has 0 radical (unpaired) electrons. The van der Waals surface area contributed by atoms with E-state index in [1.54, 1.807) is 12.1 Å². The maximum Gasteiger partial charge on any atom is 0.340 e. The summed E-state index contributed by atoms with van der Waals surface area (Å²) in [6.07, 6.45) is 0.419. The fraction of sp³-hybridized carbons (Fsp3) is 0.500. The number of anilines is 2. The molecule has 0 bridgehead atoms. The number of ether oxygens (including phenoxy) is 2. The Bertz CT molecular complexity index is 732. The van der Waals surface area contributed by atoms with Crippen LogP contribution in [0.2, 0.25) is 0 Å². The van der Waals surface area contributed by atoms with Gasteiger partial charge in [-0.05, 0) is 24.6 Å². The summed E-state index contributed by atoms with van der Waals surface area (Å²) in [6.45, 7) is 3.19. The number of nitrogens with zero attached hydrogens (tertiary/aromatic N) is 2. The van der Waals surface area contributed by atoms with Crippen LogP contribution >= 0.6 is 0 Å². The van der Waals surface area contributed by atoms with Crippen LogP contribution in [0.4, 0.5) is 16.2 Å². The Labute approximate surface area is 156 Å². The fourth-order valence-corrected chi connectivity index (χ4v) is 3.28. The summed E-state index contributed by atoms with van der Waals surface area (Å²) < 4.78 is 10.2. The first-order valence-corrected chi connectivity index (χ1v) is 8.83. The van der Waals surface area contributed by atoms with Crippen LogP contribution < -0.4 is 10.2 Å². The number of nitrogens with one attached hydrogen (secondary N) is 1. The third-order valence-corrected chi connectivity index (χ3v) is 4.85. The van der Waals surface area contributed by atoms with Gasteiger partial charge in [-0.1, -0.05) is 0 Å². The molecule has 2 aliphatic heterocycles. The van der Waals surface area contributed by atoms with E-state index < -0.39 is 23.9 Å². The molecule has 2 saturated heterocycles. The van der Waals surface area contributed by atoms with Gasteiger partial charge in [0.15, 0.2) is 0 Å². The van der Waals surface area contributed by atoms with E-state index in [0.29, 0.717) is 31.9 Å². The van der Waals surface area contributed by atoms with Gasteiger partial charge in [0.1, 0.15) is 0 Å². The number of esters is 1. The number of benzene rings is 1. The molecule has 1 aromatic carbocycles. The second-order valence-electron chi connectivity index (χ2n) is 6.52. The minimum atomic E-state index is -0.907. The second-order valence-corrected chi connectivity index (χ2v) is 6.52. The smallest absolute Gasteiger partial charge is 0.340 e. The Balaban J connectivity index is 1.76. The second kappa shape index (κ2) is 8.26. The van der Waals surface area contributed by atoms with E-state index in [4.69, 9.17) is 14.6 Å². The van der Waals surface area contributed by atoms with Crippen LogP contribution in [0.25, 0.3) is 0 Å². The largest absolute Gasteiger partial charge is 0.481 e. The molecular formula is C18H23N3O6. The number of morpholine rings is 1. The van der Waals surface area contributed by atoms with E-state index >= 15 is 0 Å². The Kier molecular flexibility index (Phi) is 5.80. The minimum Gasteiger partial charge on any atom is -0.481 e. The number of hydrogen-bond donors (Lipinski definition) is 2. The van der Waals surface area contributed by atoms with Gasteiger partial charge in [0, 0.05) is 31.9 Å². The van der Waals surface area contributed by atoms with Crippen LogP contribution in [-0.4, -0.2) is 74.5 Å². The summed E-state index contributed by atoms with van der Waals surface area (Å²) in [4.78, 5) is 39.3. The monoisotopic (exact) mass is 377 g/mol. The zero-order valence-corrected chi connectivity index (χ0v) is 15.1. The Morgan fingerprint density at radius 3 is 2.59 bits per heavy atom. The van der Waals surface area contributed by atoms with Crippen molar-refractivity contribution in [3.05, 3.63) is 23.8 Å². The number of aliphatic carboxylic acids is 1. The van der Waals surface area contributed by atoms with E-state index in [-0.39, 0.29) is 12.1 Å². The number of hydrogen-bond acceptors (Lipinski definition) is 6. The van der Waals surface area contributed by atoms with E-state index in [9.17, 15) is 14.4 Å². The fourth-order valence-electron chi connectivity index (χ4n) is 3.28. The van der Waals surface area contributed by atoms with Crippen molar-refractivity contribution in [1.29, 1.82) is 0 Å². The zero-order chi connectivity index (χ0) is 19.4. The van der Waals surface area contributed by atoms with Crippen molar-refractivity contribution in [2.75, 3.05) is 56.7 Å². The van der Waals surface area contributed by atoms with Crippen LogP contribution in [0.3, 0.4) is 0 Å². The number of methoxy groups -OCH3 is 1. The van der Waals surface area contributed by atoms with Crippen LogP contribution in [-0.2, 0) is 14.3 Å². The normalized spacial score (nSPS) is 19.7. The summed E-state index contributed by atoms with van der Waals surface area (Å²) in [7, 11) is 1.28. The van der Waals surface area contributed by atoms with Gasteiger partial charge in [-0.25, -0.2) is 9.59 Å². The van der Waals surface area contributed by atoms with Crippen LogP contribution in [0, 0.1) is 5.92 Å². The molecule has 2 fully saturated rings. The van der Waals surface area contributed by atoms with E-state index in [1.165, 1.54) is 12.0 Å². The van der Waals surface area contributed by atoms with Crippen molar-refractivity contribution >= 4 is 29.3 Å². The minimum absolute atomic E-state index is 0.153. The van der Waals surface area contributed by atoms with Crippen molar-refractivity contribution in [3.8, 4) is 0 Å². The molecule has 2 aliphatic rings. The molecule has 9 heteroatoms. The number of urea groups is 1. The summed E-state index contributed by atoms with van der Waals surface area (Å²) in [5.41, 5.74) is 1.44. The molecule has 0 spiro atoms. The predicted molar refractivity (Wildman–Crippen MR) is 97.1 cm³/mol. The van der Waals surface area contributed by atoms with Crippen molar-refractivity contribution < 1.29 is 29.0 Å². The molecule has 0 aromatic heterocycles. The lowest BCUT2D eigenvalue weighted by Gasteiger charge is -2.29. The third-order valence-electron chi connectivity index (χ3n) is 4.85. The highest BCUT2D eigenvalue weighted by Gasteiger charge is 2.31. The number of carbonyl (C=O) groups excluding carboxylic acids is 2. The molecule has 0 saturated carbocycles. The van der Waals surface area contributed by atoms with E-state index in [0.717, 1.165) is 18.8 Å². The lowest BCUT2D eigenvalue weighted by molar-refractivity contribution is -0.141. The van der Waals surface area contributed by atoms with Gasteiger partial charge in [-0.2, -0.15) is 0 Å². The molecule has 2 N–H and O–H groups in total. The van der Waals surface area contributed by atoms with Crippen LogP contribution in [0.1, 0.15) is 16.8 Å². The summed E-state index contributed by atoms with van der Waals surface area (Å²) in [5, 5.41) is 11.8. The van der Waals surface area contributed by atoms with Gasteiger partial charge in [-0.15, -0.1) is 0 Å². The van der Waals surface area contributed by atoms with E-state index in [1.807, 2.05) is 6.07 Å². The lowest BCUT2D eigenvalue weighted by Crippen LogP contribution is -2.36. The molecule has 1 atom stereocenters. The highest BCUT2D eigenvalue weighted by atomic mass is 16.5. The molecule has 2 heterocycles. The number of rotatable bonds is 4. The van der Waals surface area contributed by atoms with Gasteiger partial charge >= 0.3 is 18.0 Å². The van der Waals surface area contributed by atoms with Gasteiger partial charge in [0.25, 0.3) is 0 Å². The quantitative estimate of drug-likeness (QED) is 0.760. The number of carboxylic acids is 1. The molecule has 3 rings (SSSR count). The van der Waals surface area contributed by atoms with Crippen molar-refractivity contribution in [3.63, 3.8) is 0 Å². The lowest BCUT2D eigenvalue weighted by atomic mass is 10.1. The average molecular weight is 377 g/mol. The Morgan fingerprint density at radius 2 is 1.96 bits per heavy atom. The summed E-state index contributed by atoms with van der Waals surface area (Å²) in [6, 6.07) is 4.76. The highest BCUT2D eigenvalue weighted by molar-refractivity contribution is 6.01. The van der Waals surface area contributed by atoms with Crippen molar-refractivity contribution in [1.82, 2.24) is 4.90 Å². The average Bonchev–Trinajstić information content (AvgIpc) is 3.19. The Hall–Kier alpha value is -2.81. The molecule has 1 unspecified atom stereocenters. The van der Waals surface area contributed by atoms with Gasteiger partial charge in [-0.3, -0.25) is 4.79 Å². The highest BCUT2D eigenvalue weighted by Crippen LogP contribution is 2.26. The molecule has 146 valence electrons. The Morgan fingerprint density at radius 1 is 1.22 bits per heavy atom.